The van der Waals surface area contributed by atoms with Crippen LogP contribution in [0.4, 0.5) is 0 Å². The van der Waals surface area contributed by atoms with E-state index in [2.05, 4.69) is 16.8 Å². The summed E-state index contributed by atoms with van der Waals surface area (Å²) in [5.74, 6) is 1.06. The molecule has 0 aromatic carbocycles. The van der Waals surface area contributed by atoms with Crippen LogP contribution in [-0.4, -0.2) is 54.7 Å². The summed E-state index contributed by atoms with van der Waals surface area (Å²) >= 11 is 0. The molecule has 0 aromatic rings. The molecule has 135 valence electrons. The van der Waals surface area contributed by atoms with Gasteiger partial charge in [0.15, 0.2) is 0 Å². The zero-order valence-electron chi connectivity index (χ0n) is 16.0. The summed E-state index contributed by atoms with van der Waals surface area (Å²) in [6.45, 7) is 9.99. The minimum Gasteiger partial charge on any atom is -0.341 e. The van der Waals surface area contributed by atoms with Crippen molar-refractivity contribution in [2.45, 2.75) is 59.3 Å². The van der Waals surface area contributed by atoms with Crippen molar-refractivity contribution in [3.8, 4) is 0 Å². The van der Waals surface area contributed by atoms with E-state index >= 15 is 0 Å². The number of amides is 1. The number of likely N-dealkylation sites (tertiary alicyclic amines) is 2. The Labute approximate surface area is 173 Å². The van der Waals surface area contributed by atoms with E-state index in [4.69, 9.17) is 0 Å². The fourth-order valence-corrected chi connectivity index (χ4v) is 4.33. The molecule has 0 bridgehead atoms. The number of rotatable bonds is 2. The predicted octanol–water partition coefficient (Wildman–Crippen LogP) is 2.96. The Balaban J connectivity index is 0.000000925. The Kier molecular flexibility index (Phi) is 9.06. The Morgan fingerprint density at radius 1 is 0.917 bits per heavy atom. The zero-order chi connectivity index (χ0) is 17.0. The Hall–Kier alpha value is 0.204. The number of nitrogens with zero attached hydrogens (tertiary/aromatic N) is 2. The molecular weight excluding hydrogens is 377 g/mol. The number of ketones is 1. The fourth-order valence-electron chi connectivity index (χ4n) is 4.33. The van der Waals surface area contributed by atoms with Crippen molar-refractivity contribution >= 4 is 11.7 Å². The van der Waals surface area contributed by atoms with Gasteiger partial charge in [0.1, 0.15) is 5.78 Å². The molecule has 4 nitrogen and oxygen atoms in total. The summed E-state index contributed by atoms with van der Waals surface area (Å²) in [5, 5.41) is 0. The number of carbonyl (C=O) groups is 2. The van der Waals surface area contributed by atoms with Crippen LogP contribution < -0.4 is 0 Å². The van der Waals surface area contributed by atoms with E-state index in [1.807, 2.05) is 13.8 Å². The molecule has 1 spiro atoms. The van der Waals surface area contributed by atoms with Gasteiger partial charge in [-0.25, -0.2) is 0 Å². The van der Waals surface area contributed by atoms with Crippen molar-refractivity contribution in [2.75, 3.05) is 33.2 Å². The van der Waals surface area contributed by atoms with Crippen molar-refractivity contribution in [3.63, 3.8) is 0 Å². The van der Waals surface area contributed by atoms with E-state index in [1.54, 1.807) is 6.92 Å². The third-order valence-corrected chi connectivity index (χ3v) is 6.06. The number of carbonyl (C=O) groups excluding carboxylic acids is 2. The average molecular weight is 411 g/mol. The van der Waals surface area contributed by atoms with Crippen LogP contribution in [0.3, 0.4) is 0 Å². The quantitative estimate of drug-likeness (QED) is 0.702. The van der Waals surface area contributed by atoms with E-state index in [0.29, 0.717) is 17.1 Å². The van der Waals surface area contributed by atoms with Crippen LogP contribution in [-0.2, 0) is 42.3 Å². The smallest absolute Gasteiger partial charge is 0.225 e. The molecule has 2 saturated heterocycles. The van der Waals surface area contributed by atoms with Gasteiger partial charge in [-0.15, -0.1) is 0 Å². The van der Waals surface area contributed by atoms with Gasteiger partial charge in [0.25, 0.3) is 0 Å². The van der Waals surface area contributed by atoms with Gasteiger partial charge < -0.3 is 9.80 Å². The normalized spacial score (nSPS) is 28.9. The van der Waals surface area contributed by atoms with Gasteiger partial charge in [-0.2, -0.15) is 0 Å². The molecule has 2 aliphatic heterocycles. The first-order chi connectivity index (χ1) is 11.0. The van der Waals surface area contributed by atoms with Gasteiger partial charge in [0.2, 0.25) is 5.91 Å². The maximum Gasteiger partial charge on any atom is 0.225 e. The molecule has 0 unspecified atom stereocenters. The number of hydrogen-bond donors (Lipinski definition) is 0. The van der Waals surface area contributed by atoms with Gasteiger partial charge in [0, 0.05) is 63.0 Å². The van der Waals surface area contributed by atoms with Crippen molar-refractivity contribution in [2.24, 2.45) is 17.3 Å². The second-order valence-corrected chi connectivity index (χ2v) is 7.66. The van der Waals surface area contributed by atoms with Crippen molar-refractivity contribution in [1.82, 2.24) is 9.80 Å². The third kappa shape index (κ3) is 5.11. The van der Waals surface area contributed by atoms with Crippen LogP contribution in [0, 0.1) is 17.3 Å². The molecule has 2 heterocycles. The van der Waals surface area contributed by atoms with E-state index in [0.717, 1.165) is 38.8 Å². The first-order valence-corrected chi connectivity index (χ1v) is 9.47. The summed E-state index contributed by atoms with van der Waals surface area (Å²) < 4.78 is 0. The van der Waals surface area contributed by atoms with E-state index in [1.165, 1.54) is 25.9 Å². The van der Waals surface area contributed by atoms with E-state index in [-0.39, 0.29) is 44.5 Å². The Bertz CT molecular complexity index is 417. The van der Waals surface area contributed by atoms with Gasteiger partial charge >= 0.3 is 0 Å². The first-order valence-electron chi connectivity index (χ1n) is 9.47. The minimum atomic E-state index is 0. The van der Waals surface area contributed by atoms with Crippen LogP contribution in [0.15, 0.2) is 0 Å². The third-order valence-electron chi connectivity index (χ3n) is 6.06. The molecule has 1 amide bonds. The molecule has 1 saturated carbocycles. The van der Waals surface area contributed by atoms with Crippen molar-refractivity contribution in [3.05, 3.63) is 0 Å². The molecular formula is C19H34N2O2Y. The molecule has 0 N–H and O–H groups in total. The fraction of sp³-hybridized carbons (Fsp3) is 0.895. The second-order valence-electron chi connectivity index (χ2n) is 7.66. The molecule has 5 heteroatoms. The van der Waals surface area contributed by atoms with Gasteiger partial charge in [-0.3, -0.25) is 9.59 Å². The van der Waals surface area contributed by atoms with Crippen molar-refractivity contribution in [1.29, 1.82) is 0 Å². The molecule has 3 rings (SSSR count). The Morgan fingerprint density at radius 3 is 1.83 bits per heavy atom. The molecule has 0 aromatic heterocycles. The molecule has 3 fully saturated rings. The summed E-state index contributed by atoms with van der Waals surface area (Å²) in [5.41, 5.74) is 0.429. The summed E-state index contributed by atoms with van der Waals surface area (Å²) in [4.78, 5) is 28.5. The maximum atomic E-state index is 12.6. The molecule has 0 atom stereocenters. The Morgan fingerprint density at radius 2 is 1.38 bits per heavy atom. The number of hydrogen-bond acceptors (Lipinski definition) is 3. The minimum absolute atomic E-state index is 0. The van der Waals surface area contributed by atoms with Crippen LogP contribution in [0.25, 0.3) is 0 Å². The molecule has 3 aliphatic rings. The zero-order valence-corrected chi connectivity index (χ0v) is 18.9. The van der Waals surface area contributed by atoms with Crippen LogP contribution in [0.5, 0.6) is 0 Å². The maximum absolute atomic E-state index is 12.6. The largest absolute Gasteiger partial charge is 0.341 e. The predicted molar refractivity (Wildman–Crippen MR) is 93.2 cm³/mol. The standard InChI is InChI=1S/C17H28N2O2.C2H6.Y/c1-13(20)14-3-5-15(6-4-14)16(21)19-11-17(12-19)7-9-18(2)10-8-17;1-2;/h14-15H,3-12H2,1-2H3;1-2H3;. The van der Waals surface area contributed by atoms with Gasteiger partial charge in [0.05, 0.1) is 0 Å². The monoisotopic (exact) mass is 411 g/mol. The van der Waals surface area contributed by atoms with E-state index < -0.39 is 0 Å². The SMILES string of the molecule is CC.CC(=O)C1CCC(C(=O)N2CC3(CCN(C)CC3)C2)CC1.[Y]. The molecule has 1 radical (unpaired) electrons. The van der Waals surface area contributed by atoms with Gasteiger partial charge in [-0.1, -0.05) is 13.8 Å². The van der Waals surface area contributed by atoms with Gasteiger partial charge in [-0.05, 0) is 65.6 Å². The van der Waals surface area contributed by atoms with Crippen LogP contribution >= 0.6 is 0 Å². The number of Topliss-reactive ketones (excluding diaryl/α,β-unsaturated/α-hetero) is 1. The summed E-state index contributed by atoms with van der Waals surface area (Å²) in [6, 6.07) is 0. The van der Waals surface area contributed by atoms with E-state index in [9.17, 15) is 9.59 Å². The molecule has 24 heavy (non-hydrogen) atoms. The second kappa shape index (κ2) is 9.78. The van der Waals surface area contributed by atoms with Crippen LogP contribution in [0.1, 0.15) is 59.3 Å². The first kappa shape index (κ1) is 22.2. The average Bonchev–Trinajstić information content (AvgIpc) is 2.55. The van der Waals surface area contributed by atoms with Crippen molar-refractivity contribution < 1.29 is 42.3 Å². The summed E-state index contributed by atoms with van der Waals surface area (Å²) in [6.07, 6.45) is 6.13. The van der Waals surface area contributed by atoms with Crippen LogP contribution in [0.2, 0.25) is 0 Å². The number of piperidine rings is 1. The topological polar surface area (TPSA) is 40.6 Å². The molecule has 1 aliphatic carbocycles. The summed E-state index contributed by atoms with van der Waals surface area (Å²) in [7, 11) is 2.18.